The highest BCUT2D eigenvalue weighted by molar-refractivity contribution is 7.89. The average molecular weight is 436 g/mol. The van der Waals surface area contributed by atoms with Crippen LogP contribution in [0.4, 0.5) is 0 Å². The third kappa shape index (κ3) is 5.03. The van der Waals surface area contributed by atoms with Crippen LogP contribution in [0, 0.1) is 5.92 Å². The summed E-state index contributed by atoms with van der Waals surface area (Å²) >= 11 is 0. The topological polar surface area (TPSA) is 86.8 Å². The number of sulfonamides is 1. The molecule has 0 radical (unpaired) electrons. The summed E-state index contributed by atoms with van der Waals surface area (Å²) in [6.07, 6.45) is 5.50. The van der Waals surface area contributed by atoms with Gasteiger partial charge in [-0.15, -0.1) is 0 Å². The van der Waals surface area contributed by atoms with Gasteiger partial charge in [-0.25, -0.2) is 12.7 Å². The third-order valence-corrected chi connectivity index (χ3v) is 8.30. The summed E-state index contributed by atoms with van der Waals surface area (Å²) in [6, 6.07) is 8.85. The summed E-state index contributed by atoms with van der Waals surface area (Å²) < 4.78 is 25.0. The van der Waals surface area contributed by atoms with Gasteiger partial charge in [0.05, 0.1) is 5.75 Å². The van der Waals surface area contributed by atoms with E-state index in [9.17, 15) is 18.0 Å². The molecule has 30 heavy (non-hydrogen) atoms. The van der Waals surface area contributed by atoms with E-state index in [1.165, 1.54) is 4.31 Å². The molecule has 0 bridgehead atoms. The molecule has 166 valence electrons. The Balaban J connectivity index is 1.63. The predicted octanol–water partition coefficient (Wildman–Crippen LogP) is 2.25. The van der Waals surface area contributed by atoms with Crippen LogP contribution in [0.1, 0.15) is 55.8 Å². The lowest BCUT2D eigenvalue weighted by atomic mass is 9.84. The molecule has 8 heteroatoms. The monoisotopic (exact) mass is 435 g/mol. The smallest absolute Gasteiger partial charge is 0.254 e. The van der Waals surface area contributed by atoms with Crippen LogP contribution < -0.4 is 5.32 Å². The Morgan fingerprint density at radius 3 is 2.57 bits per heavy atom. The van der Waals surface area contributed by atoms with Crippen LogP contribution in [0.5, 0.6) is 0 Å². The molecule has 7 nitrogen and oxygen atoms in total. The molecule has 2 aliphatic rings. The Bertz CT molecular complexity index is 843. The molecule has 1 aromatic rings. The molecule has 0 aromatic heterocycles. The Morgan fingerprint density at radius 1 is 1.17 bits per heavy atom. The number of hydrogen-bond acceptors (Lipinski definition) is 4. The predicted molar refractivity (Wildman–Crippen MR) is 116 cm³/mol. The first-order valence-electron chi connectivity index (χ1n) is 10.9. The zero-order valence-electron chi connectivity index (χ0n) is 17.9. The highest BCUT2D eigenvalue weighted by atomic mass is 32.2. The maximum atomic E-state index is 13.3. The van der Waals surface area contributed by atoms with Crippen molar-refractivity contribution in [3.63, 3.8) is 0 Å². The highest BCUT2D eigenvalue weighted by Crippen LogP contribution is 2.40. The van der Waals surface area contributed by atoms with Crippen LogP contribution in [0.15, 0.2) is 30.3 Å². The van der Waals surface area contributed by atoms with Crippen LogP contribution in [0.3, 0.4) is 0 Å². The second-order valence-corrected chi connectivity index (χ2v) is 10.7. The minimum atomic E-state index is -3.21. The second kappa shape index (κ2) is 9.92. The summed E-state index contributed by atoms with van der Waals surface area (Å²) in [4.78, 5) is 28.1. The lowest BCUT2D eigenvalue weighted by Crippen LogP contribution is -2.49. The number of carbonyl (C=O) groups excluding carboxylic acids is 2. The van der Waals surface area contributed by atoms with Crippen molar-refractivity contribution in [3.05, 3.63) is 35.9 Å². The zero-order chi connectivity index (χ0) is 21.7. The van der Waals surface area contributed by atoms with Crippen LogP contribution in [0.25, 0.3) is 0 Å². The molecule has 1 aliphatic carbocycles. The van der Waals surface area contributed by atoms with Crippen molar-refractivity contribution >= 4 is 21.8 Å². The Morgan fingerprint density at radius 2 is 1.87 bits per heavy atom. The van der Waals surface area contributed by atoms with E-state index in [2.05, 4.69) is 5.32 Å². The van der Waals surface area contributed by atoms with E-state index in [1.807, 2.05) is 23.1 Å². The van der Waals surface area contributed by atoms with Gasteiger partial charge in [0.15, 0.2) is 0 Å². The molecule has 2 amide bonds. The Labute approximate surface area is 179 Å². The number of fused-ring (bicyclic) bond motifs is 1. The molecule has 3 rings (SSSR count). The van der Waals surface area contributed by atoms with E-state index >= 15 is 0 Å². The van der Waals surface area contributed by atoms with E-state index in [4.69, 9.17) is 0 Å². The molecule has 0 spiro atoms. The fourth-order valence-electron chi connectivity index (χ4n) is 4.71. The molecular formula is C22H33N3O4S. The van der Waals surface area contributed by atoms with Crippen molar-refractivity contribution in [2.45, 2.75) is 57.5 Å². The summed E-state index contributed by atoms with van der Waals surface area (Å²) in [5, 5.41) is 2.94. The van der Waals surface area contributed by atoms with E-state index in [1.54, 1.807) is 26.1 Å². The summed E-state index contributed by atoms with van der Waals surface area (Å²) in [5.74, 6) is 0.244. The quantitative estimate of drug-likeness (QED) is 0.635. The number of benzene rings is 1. The fourth-order valence-corrected chi connectivity index (χ4v) is 5.55. The molecule has 1 aromatic carbocycles. The number of amides is 2. The normalized spacial score (nSPS) is 24.0. The minimum Gasteiger partial charge on any atom is -0.354 e. The molecule has 1 N–H and O–H groups in total. The van der Waals surface area contributed by atoms with E-state index in [-0.39, 0.29) is 23.6 Å². The molecule has 1 heterocycles. The standard InChI is InChI=1S/C22H33N3O4S/c1-3-30(28,29)24(2)15-9-14-23-21(26)20-16-18-12-7-8-13-19(18)25(20)22(27)17-10-5-4-6-11-17/h4-6,10-11,18-20H,3,7-9,12-16H2,1-2H3,(H,23,26). The maximum Gasteiger partial charge on any atom is 0.254 e. The molecular weight excluding hydrogens is 402 g/mol. The van der Waals surface area contributed by atoms with Crippen LogP contribution in [-0.2, 0) is 14.8 Å². The van der Waals surface area contributed by atoms with Gasteiger partial charge in [0.25, 0.3) is 5.91 Å². The van der Waals surface area contributed by atoms with Crippen molar-refractivity contribution in [1.82, 2.24) is 14.5 Å². The van der Waals surface area contributed by atoms with Gasteiger partial charge in [0.2, 0.25) is 15.9 Å². The Kier molecular flexibility index (Phi) is 7.52. The van der Waals surface area contributed by atoms with E-state index in [0.29, 0.717) is 37.4 Å². The largest absolute Gasteiger partial charge is 0.354 e. The Hall–Kier alpha value is -1.93. The van der Waals surface area contributed by atoms with Gasteiger partial charge in [0, 0.05) is 31.7 Å². The number of nitrogens with one attached hydrogen (secondary N) is 1. The SMILES string of the molecule is CCS(=O)(=O)N(C)CCCNC(=O)C1CC2CCCCC2N1C(=O)c1ccccc1. The number of carbonyl (C=O) groups is 2. The van der Waals surface area contributed by atoms with Crippen molar-refractivity contribution in [2.75, 3.05) is 25.9 Å². The summed E-state index contributed by atoms with van der Waals surface area (Å²) in [6.45, 7) is 2.37. The first kappa shape index (κ1) is 22.7. The van der Waals surface area contributed by atoms with E-state index < -0.39 is 16.1 Å². The van der Waals surface area contributed by atoms with Gasteiger partial charge < -0.3 is 10.2 Å². The van der Waals surface area contributed by atoms with Gasteiger partial charge >= 0.3 is 0 Å². The molecule has 3 unspecified atom stereocenters. The third-order valence-electron chi connectivity index (χ3n) is 6.43. The van der Waals surface area contributed by atoms with Crippen LogP contribution in [-0.4, -0.2) is 67.4 Å². The van der Waals surface area contributed by atoms with Gasteiger partial charge in [-0.05, 0) is 50.7 Å². The number of nitrogens with zero attached hydrogens (tertiary/aromatic N) is 2. The lowest BCUT2D eigenvalue weighted by molar-refractivity contribution is -0.125. The van der Waals surface area contributed by atoms with Crippen LogP contribution in [0.2, 0.25) is 0 Å². The number of rotatable bonds is 8. The molecule has 1 saturated carbocycles. The molecule has 1 saturated heterocycles. The van der Waals surface area contributed by atoms with Crippen LogP contribution >= 0.6 is 0 Å². The second-order valence-electron chi connectivity index (χ2n) is 8.31. The first-order chi connectivity index (χ1) is 14.3. The molecule has 1 aliphatic heterocycles. The highest BCUT2D eigenvalue weighted by Gasteiger charge is 2.47. The van der Waals surface area contributed by atoms with Crippen molar-refractivity contribution in [3.8, 4) is 0 Å². The molecule has 3 atom stereocenters. The van der Waals surface area contributed by atoms with Crippen molar-refractivity contribution in [1.29, 1.82) is 0 Å². The maximum absolute atomic E-state index is 13.3. The summed E-state index contributed by atoms with van der Waals surface area (Å²) in [7, 11) is -1.65. The van der Waals surface area contributed by atoms with Gasteiger partial charge in [-0.2, -0.15) is 0 Å². The van der Waals surface area contributed by atoms with Gasteiger partial charge in [-0.1, -0.05) is 31.0 Å². The number of hydrogen-bond donors (Lipinski definition) is 1. The van der Waals surface area contributed by atoms with E-state index in [0.717, 1.165) is 25.7 Å². The fraction of sp³-hybridized carbons (Fsp3) is 0.636. The lowest BCUT2D eigenvalue weighted by Gasteiger charge is -2.33. The first-order valence-corrected chi connectivity index (χ1v) is 12.6. The molecule has 2 fully saturated rings. The average Bonchev–Trinajstić information content (AvgIpc) is 3.16. The number of likely N-dealkylation sites (tertiary alicyclic amines) is 1. The van der Waals surface area contributed by atoms with Gasteiger partial charge in [0.1, 0.15) is 6.04 Å². The zero-order valence-corrected chi connectivity index (χ0v) is 18.7. The van der Waals surface area contributed by atoms with Gasteiger partial charge in [-0.3, -0.25) is 9.59 Å². The summed E-state index contributed by atoms with van der Waals surface area (Å²) in [5.41, 5.74) is 0.618. The van der Waals surface area contributed by atoms with Crippen molar-refractivity contribution in [2.24, 2.45) is 5.92 Å². The minimum absolute atomic E-state index is 0.0667. The van der Waals surface area contributed by atoms with Crippen molar-refractivity contribution < 1.29 is 18.0 Å².